The Bertz CT molecular complexity index is 1580. The molecule has 11 nitrogen and oxygen atoms in total. The molecule has 1 aromatic heterocycles. The second-order valence-corrected chi connectivity index (χ2v) is 11.6. The molecule has 1 saturated heterocycles. The molecular formula is C31H35F2N5O6. The minimum absolute atomic E-state index is 0.0135. The molecule has 3 aromatic rings. The average molecular weight is 612 g/mol. The van der Waals surface area contributed by atoms with E-state index in [1.165, 1.54) is 20.4 Å². The van der Waals surface area contributed by atoms with E-state index in [0.717, 1.165) is 20.9 Å². The number of imide groups is 1. The van der Waals surface area contributed by atoms with Crippen LogP contribution >= 0.6 is 0 Å². The summed E-state index contributed by atoms with van der Waals surface area (Å²) in [4.78, 5) is 47.0. The highest BCUT2D eigenvalue weighted by Crippen LogP contribution is 2.35. The first kappa shape index (κ1) is 30.8. The van der Waals surface area contributed by atoms with Gasteiger partial charge in [-0.15, -0.1) is 0 Å². The highest BCUT2D eigenvalue weighted by molar-refractivity contribution is 6.05. The largest absolute Gasteiger partial charge is 0.497 e. The maximum atomic E-state index is 14.6. The number of fused-ring (bicyclic) bond motifs is 1. The Kier molecular flexibility index (Phi) is 8.49. The van der Waals surface area contributed by atoms with Crippen molar-refractivity contribution in [1.82, 2.24) is 19.4 Å². The van der Waals surface area contributed by atoms with Gasteiger partial charge in [0.1, 0.15) is 28.7 Å². The number of methoxy groups -OCH3 is 2. The highest BCUT2D eigenvalue weighted by atomic mass is 19.3. The van der Waals surface area contributed by atoms with Crippen molar-refractivity contribution >= 4 is 23.8 Å². The number of hydrogen-bond donors (Lipinski definition) is 0. The molecule has 0 spiro atoms. The minimum atomic E-state index is -3.01. The van der Waals surface area contributed by atoms with Gasteiger partial charge in [-0.1, -0.05) is 12.1 Å². The van der Waals surface area contributed by atoms with E-state index in [9.17, 15) is 23.2 Å². The molecule has 2 aliphatic heterocycles. The number of carbonyl (C=O) groups excluding carboxylic acids is 3. The number of rotatable bonds is 7. The number of ether oxygens (including phenoxy) is 3. The van der Waals surface area contributed by atoms with Gasteiger partial charge in [0.05, 0.1) is 27.0 Å². The lowest BCUT2D eigenvalue weighted by Gasteiger charge is -2.34. The topological polar surface area (TPSA) is 106 Å². The number of imidazole rings is 1. The maximum absolute atomic E-state index is 14.6. The van der Waals surface area contributed by atoms with Gasteiger partial charge in [0.2, 0.25) is 5.91 Å². The number of aromatic nitrogens is 2. The van der Waals surface area contributed by atoms with Crippen molar-refractivity contribution in [1.29, 1.82) is 0 Å². The third-order valence-electron chi connectivity index (χ3n) is 7.51. The summed E-state index contributed by atoms with van der Waals surface area (Å²) in [5.74, 6) is 0.402. The molecule has 0 saturated carbocycles. The van der Waals surface area contributed by atoms with E-state index in [-0.39, 0.29) is 31.2 Å². The van der Waals surface area contributed by atoms with Crippen molar-refractivity contribution in [2.75, 3.05) is 32.2 Å². The molecule has 5 rings (SSSR count). The summed E-state index contributed by atoms with van der Waals surface area (Å²) in [6.45, 7) is 2.98. The predicted octanol–water partition coefficient (Wildman–Crippen LogP) is 5.61. The monoisotopic (exact) mass is 611 g/mol. The Hall–Kier alpha value is -4.68. The highest BCUT2D eigenvalue weighted by Gasteiger charge is 2.37. The molecule has 44 heavy (non-hydrogen) atoms. The van der Waals surface area contributed by atoms with Gasteiger partial charge in [0, 0.05) is 43.2 Å². The minimum Gasteiger partial charge on any atom is -0.497 e. The molecule has 3 heterocycles. The van der Waals surface area contributed by atoms with Crippen LogP contribution in [-0.4, -0.2) is 70.3 Å². The van der Waals surface area contributed by atoms with E-state index < -0.39 is 30.2 Å². The van der Waals surface area contributed by atoms with Gasteiger partial charge in [0.25, 0.3) is 0 Å². The number of benzene rings is 2. The second kappa shape index (κ2) is 12.1. The normalized spacial score (nSPS) is 15.5. The summed E-state index contributed by atoms with van der Waals surface area (Å²) in [6, 6.07) is 9.52. The molecule has 4 amide bonds. The Morgan fingerprint density at radius 3 is 2.45 bits per heavy atom. The summed E-state index contributed by atoms with van der Waals surface area (Å²) in [7, 11) is 2.97. The van der Waals surface area contributed by atoms with Crippen molar-refractivity contribution in [3.63, 3.8) is 0 Å². The third kappa shape index (κ3) is 6.17. The summed E-state index contributed by atoms with van der Waals surface area (Å²) in [5, 5.41) is 0. The molecule has 2 aromatic carbocycles. The number of urea groups is 1. The van der Waals surface area contributed by atoms with Gasteiger partial charge < -0.3 is 19.1 Å². The molecule has 2 aliphatic rings. The van der Waals surface area contributed by atoms with Crippen LogP contribution in [0.3, 0.4) is 0 Å². The van der Waals surface area contributed by atoms with E-state index in [4.69, 9.17) is 14.2 Å². The molecule has 0 atom stereocenters. The lowest BCUT2D eigenvalue weighted by molar-refractivity contribution is -0.129. The predicted molar refractivity (Wildman–Crippen MR) is 157 cm³/mol. The van der Waals surface area contributed by atoms with Crippen molar-refractivity contribution in [2.24, 2.45) is 0 Å². The molecule has 0 unspecified atom stereocenters. The molecule has 0 N–H and O–H groups in total. The van der Waals surface area contributed by atoms with Crippen molar-refractivity contribution in [3.8, 4) is 22.9 Å². The van der Waals surface area contributed by atoms with Gasteiger partial charge in [0.15, 0.2) is 0 Å². The Balaban J connectivity index is 1.40. The summed E-state index contributed by atoms with van der Waals surface area (Å²) < 4.78 is 46.0. The lowest BCUT2D eigenvalue weighted by atomic mass is 9.97. The van der Waals surface area contributed by atoms with E-state index in [0.29, 0.717) is 46.7 Å². The van der Waals surface area contributed by atoms with Crippen LogP contribution in [0.4, 0.5) is 24.2 Å². The smallest absolute Gasteiger partial charge is 0.410 e. The van der Waals surface area contributed by atoms with Gasteiger partial charge in [-0.25, -0.2) is 14.6 Å². The van der Waals surface area contributed by atoms with Crippen LogP contribution in [-0.2, 0) is 29.0 Å². The van der Waals surface area contributed by atoms with E-state index >= 15 is 0 Å². The SMILES string of the molecule is COc1ccc(CN2C(=O)CCN(c3cnc(-c4ccc5c(c4)CCN(C(=O)OC(C)(C)C)C5)n3C(F)F)C2=O)c(OC)c1. The lowest BCUT2D eigenvalue weighted by Crippen LogP contribution is -2.52. The Labute approximate surface area is 253 Å². The molecule has 0 bridgehead atoms. The molecule has 234 valence electrons. The zero-order valence-electron chi connectivity index (χ0n) is 25.3. The fourth-order valence-electron chi connectivity index (χ4n) is 5.34. The van der Waals surface area contributed by atoms with Crippen LogP contribution < -0.4 is 14.4 Å². The van der Waals surface area contributed by atoms with E-state index in [1.54, 1.807) is 62.1 Å². The summed E-state index contributed by atoms with van der Waals surface area (Å²) in [5.41, 5.74) is 2.18. The number of amides is 4. The average Bonchev–Trinajstić information content (AvgIpc) is 3.43. The van der Waals surface area contributed by atoms with Crippen molar-refractivity contribution in [2.45, 2.75) is 58.9 Å². The molecule has 1 fully saturated rings. The Morgan fingerprint density at radius 2 is 1.77 bits per heavy atom. The van der Waals surface area contributed by atoms with Gasteiger partial charge >= 0.3 is 18.7 Å². The number of carbonyl (C=O) groups is 3. The van der Waals surface area contributed by atoms with Crippen LogP contribution in [0.25, 0.3) is 11.4 Å². The van der Waals surface area contributed by atoms with Crippen LogP contribution in [0.5, 0.6) is 11.5 Å². The van der Waals surface area contributed by atoms with Gasteiger partial charge in [-0.2, -0.15) is 8.78 Å². The quantitative estimate of drug-likeness (QED) is 0.342. The number of hydrogen-bond acceptors (Lipinski definition) is 7. The van der Waals surface area contributed by atoms with E-state index in [2.05, 4.69) is 4.98 Å². The van der Waals surface area contributed by atoms with Crippen LogP contribution in [0.15, 0.2) is 42.6 Å². The number of halogens is 2. The number of nitrogens with zero attached hydrogens (tertiary/aromatic N) is 5. The zero-order valence-corrected chi connectivity index (χ0v) is 25.3. The fourth-order valence-corrected chi connectivity index (χ4v) is 5.34. The first-order valence-electron chi connectivity index (χ1n) is 14.2. The molecular weight excluding hydrogens is 576 g/mol. The summed E-state index contributed by atoms with van der Waals surface area (Å²) in [6.07, 6.45) is 1.28. The first-order valence-corrected chi connectivity index (χ1v) is 14.2. The fraction of sp³-hybridized carbons (Fsp3) is 0.419. The van der Waals surface area contributed by atoms with Crippen LogP contribution in [0, 0.1) is 0 Å². The first-order chi connectivity index (χ1) is 20.9. The second-order valence-electron chi connectivity index (χ2n) is 11.6. The maximum Gasteiger partial charge on any atom is 0.410 e. The van der Waals surface area contributed by atoms with Crippen molar-refractivity contribution in [3.05, 3.63) is 59.3 Å². The number of alkyl halides is 2. The third-order valence-corrected chi connectivity index (χ3v) is 7.51. The summed E-state index contributed by atoms with van der Waals surface area (Å²) >= 11 is 0. The standard InChI is InChI=1S/C31H35F2N5O6/c1-31(2,3)44-30(41)35-12-10-19-14-20(6-7-21(19)17-35)27-34-16-25(38(27)28(32)33)36-13-11-26(39)37(29(36)40)18-22-8-9-23(42-4)15-24(22)43-5/h6-9,14-16,28H,10-13,17-18H2,1-5H3. The molecule has 0 aliphatic carbocycles. The Morgan fingerprint density at radius 1 is 1.00 bits per heavy atom. The number of anilines is 1. The van der Waals surface area contributed by atoms with Crippen LogP contribution in [0.2, 0.25) is 0 Å². The zero-order chi connectivity index (χ0) is 31.8. The van der Waals surface area contributed by atoms with Crippen molar-refractivity contribution < 1.29 is 37.4 Å². The molecule has 0 radical (unpaired) electrons. The van der Waals surface area contributed by atoms with E-state index in [1.807, 2.05) is 0 Å². The van der Waals surface area contributed by atoms with Gasteiger partial charge in [-0.3, -0.25) is 19.2 Å². The van der Waals surface area contributed by atoms with Gasteiger partial charge in [-0.05, 0) is 56.5 Å². The van der Waals surface area contributed by atoms with Crippen LogP contribution in [0.1, 0.15) is 50.4 Å². The molecule has 13 heteroatoms.